The van der Waals surface area contributed by atoms with Crippen LogP contribution in [0.4, 0.5) is 5.69 Å². The van der Waals surface area contributed by atoms with Crippen LogP contribution in [0.25, 0.3) is 0 Å². The van der Waals surface area contributed by atoms with Crippen LogP contribution in [0.5, 0.6) is 0 Å². The van der Waals surface area contributed by atoms with E-state index in [0.29, 0.717) is 17.1 Å². The van der Waals surface area contributed by atoms with Crippen molar-refractivity contribution < 1.29 is 18.0 Å². The summed E-state index contributed by atoms with van der Waals surface area (Å²) in [4.78, 5) is 29.3. The Morgan fingerprint density at radius 2 is 1.59 bits per heavy atom. The first kappa shape index (κ1) is 31.3. The van der Waals surface area contributed by atoms with E-state index in [2.05, 4.69) is 27.9 Å². The summed E-state index contributed by atoms with van der Waals surface area (Å²) in [5.74, 6) is -0.683. The molecule has 218 valence electrons. The van der Waals surface area contributed by atoms with E-state index in [1.54, 1.807) is 54.6 Å². The topological polar surface area (TPSA) is 86.8 Å². The van der Waals surface area contributed by atoms with Crippen molar-refractivity contribution in [3.8, 4) is 0 Å². The van der Waals surface area contributed by atoms with E-state index in [-0.39, 0.29) is 23.4 Å². The summed E-state index contributed by atoms with van der Waals surface area (Å²) in [5, 5.41) is 3.72. The van der Waals surface area contributed by atoms with Gasteiger partial charge in [-0.15, -0.1) is 0 Å². The molecule has 7 nitrogen and oxygen atoms in total. The van der Waals surface area contributed by atoms with Crippen molar-refractivity contribution in [1.82, 2.24) is 10.2 Å². The van der Waals surface area contributed by atoms with E-state index in [0.717, 1.165) is 45.5 Å². The van der Waals surface area contributed by atoms with Crippen molar-refractivity contribution in [2.45, 2.75) is 69.0 Å². The fraction of sp³-hybridized carbons (Fsp3) is 0.355. The van der Waals surface area contributed by atoms with Gasteiger partial charge in [0.1, 0.15) is 12.6 Å². The molecule has 1 aliphatic carbocycles. The number of halogens is 2. The summed E-state index contributed by atoms with van der Waals surface area (Å²) in [6.45, 7) is 1.54. The van der Waals surface area contributed by atoms with E-state index in [9.17, 15) is 18.0 Å². The van der Waals surface area contributed by atoms with Gasteiger partial charge in [0.05, 0.1) is 10.6 Å². The average Bonchev–Trinajstić information content (AvgIpc) is 2.98. The highest BCUT2D eigenvalue weighted by Crippen LogP contribution is 2.26. The first-order valence-electron chi connectivity index (χ1n) is 13.9. The Hall–Kier alpha value is -2.63. The molecule has 0 saturated heterocycles. The van der Waals surface area contributed by atoms with Crippen molar-refractivity contribution in [2.75, 3.05) is 10.8 Å². The number of sulfonamides is 1. The Bertz CT molecular complexity index is 1410. The molecule has 0 spiro atoms. The molecule has 1 atom stereocenters. The minimum atomic E-state index is -4.08. The lowest BCUT2D eigenvalue weighted by Gasteiger charge is -2.34. The summed E-state index contributed by atoms with van der Waals surface area (Å²) in [5.41, 5.74) is 1.16. The van der Waals surface area contributed by atoms with Gasteiger partial charge >= 0.3 is 0 Å². The predicted molar refractivity (Wildman–Crippen MR) is 171 cm³/mol. The lowest BCUT2D eigenvalue weighted by molar-refractivity contribution is -0.140. The average molecular weight is 708 g/mol. The van der Waals surface area contributed by atoms with Crippen LogP contribution in [-0.2, 0) is 26.2 Å². The van der Waals surface area contributed by atoms with Crippen LogP contribution >= 0.6 is 34.2 Å². The van der Waals surface area contributed by atoms with Crippen LogP contribution in [0.2, 0.25) is 5.02 Å². The number of hydrogen-bond donors (Lipinski definition) is 1. The molecule has 2 amide bonds. The molecule has 1 fully saturated rings. The standard InChI is InChI=1S/C31H35ClIN3O4S/c1-2-29(31(38)34-26-9-5-3-6-10-26)35(21-23-13-15-24(32)16-14-23)30(37)22-36(27-19-17-25(33)18-20-27)41(39,40)28-11-7-4-8-12-28/h4,7-8,11-20,26,29H,2-3,5-6,9-10,21-22H2,1H3,(H,34,38). The van der Waals surface area contributed by atoms with E-state index < -0.39 is 28.5 Å². The third-order valence-electron chi connectivity index (χ3n) is 7.33. The highest BCUT2D eigenvalue weighted by Gasteiger charge is 2.34. The zero-order chi connectivity index (χ0) is 29.4. The van der Waals surface area contributed by atoms with E-state index >= 15 is 0 Å². The largest absolute Gasteiger partial charge is 0.352 e. The molecular formula is C31H35ClIN3O4S. The number of nitrogens with one attached hydrogen (secondary N) is 1. The van der Waals surface area contributed by atoms with E-state index in [1.165, 1.54) is 17.0 Å². The monoisotopic (exact) mass is 707 g/mol. The Kier molecular flexibility index (Phi) is 11.1. The Labute approximate surface area is 261 Å². The van der Waals surface area contributed by atoms with Gasteiger partial charge in [0.2, 0.25) is 11.8 Å². The third-order valence-corrected chi connectivity index (χ3v) is 10.1. The molecule has 1 aliphatic rings. The van der Waals surface area contributed by atoms with Crippen LogP contribution in [0.3, 0.4) is 0 Å². The zero-order valence-corrected chi connectivity index (χ0v) is 26.7. The highest BCUT2D eigenvalue weighted by molar-refractivity contribution is 14.1. The Morgan fingerprint density at radius 1 is 0.951 bits per heavy atom. The van der Waals surface area contributed by atoms with Gasteiger partial charge in [-0.1, -0.05) is 68.1 Å². The van der Waals surface area contributed by atoms with Crippen molar-refractivity contribution in [1.29, 1.82) is 0 Å². The molecule has 10 heteroatoms. The van der Waals surface area contributed by atoms with E-state index in [1.807, 2.05) is 19.1 Å². The van der Waals surface area contributed by atoms with Gasteiger partial charge in [-0.2, -0.15) is 0 Å². The van der Waals surface area contributed by atoms with Crippen molar-refractivity contribution in [3.63, 3.8) is 0 Å². The van der Waals surface area contributed by atoms with Gasteiger partial charge in [-0.25, -0.2) is 8.42 Å². The quantitative estimate of drug-likeness (QED) is 0.234. The van der Waals surface area contributed by atoms with Gasteiger partial charge < -0.3 is 10.2 Å². The molecule has 0 aliphatic heterocycles. The number of hydrogen-bond acceptors (Lipinski definition) is 4. The number of rotatable bonds is 11. The van der Waals surface area contributed by atoms with Gasteiger partial charge in [0.25, 0.3) is 10.0 Å². The minimum absolute atomic E-state index is 0.0812. The molecule has 3 aromatic rings. The number of anilines is 1. The van der Waals surface area contributed by atoms with Crippen molar-refractivity contribution in [3.05, 3.63) is 93.0 Å². The highest BCUT2D eigenvalue weighted by atomic mass is 127. The maximum atomic E-state index is 14.2. The molecule has 4 rings (SSSR count). The molecular weight excluding hydrogens is 673 g/mol. The lowest BCUT2D eigenvalue weighted by Crippen LogP contribution is -2.54. The first-order valence-corrected chi connectivity index (χ1v) is 16.8. The maximum Gasteiger partial charge on any atom is 0.264 e. The van der Waals surface area contributed by atoms with Crippen LogP contribution in [0.1, 0.15) is 51.0 Å². The number of nitrogens with zero attached hydrogens (tertiary/aromatic N) is 2. The summed E-state index contributed by atoms with van der Waals surface area (Å²) in [6.07, 6.45) is 5.52. The maximum absolute atomic E-state index is 14.2. The fourth-order valence-corrected chi connectivity index (χ4v) is 7.03. The van der Waals surface area contributed by atoms with Gasteiger partial charge in [-0.05, 0) is 95.9 Å². The van der Waals surface area contributed by atoms with Gasteiger partial charge in [0.15, 0.2) is 0 Å². The number of carbonyl (C=O) groups excluding carboxylic acids is 2. The van der Waals surface area contributed by atoms with Gasteiger partial charge in [-0.3, -0.25) is 13.9 Å². The van der Waals surface area contributed by atoms with Crippen LogP contribution in [0, 0.1) is 3.57 Å². The van der Waals surface area contributed by atoms with Gasteiger partial charge in [0, 0.05) is 21.2 Å². The second-order valence-electron chi connectivity index (χ2n) is 10.2. The SMILES string of the molecule is CCC(C(=O)NC1CCCCC1)N(Cc1ccc(Cl)cc1)C(=O)CN(c1ccc(I)cc1)S(=O)(=O)c1ccccc1. The van der Waals surface area contributed by atoms with Crippen LogP contribution in [-0.4, -0.2) is 43.8 Å². The summed E-state index contributed by atoms with van der Waals surface area (Å²) >= 11 is 8.25. The molecule has 1 saturated carbocycles. The molecule has 3 aromatic carbocycles. The number of benzene rings is 3. The van der Waals surface area contributed by atoms with E-state index in [4.69, 9.17) is 11.6 Å². The van der Waals surface area contributed by atoms with Crippen LogP contribution in [0.15, 0.2) is 83.8 Å². The normalized spacial score (nSPS) is 14.7. The summed E-state index contributed by atoms with van der Waals surface area (Å²) in [6, 6.07) is 21.4. The third kappa shape index (κ3) is 8.23. The predicted octanol–water partition coefficient (Wildman–Crippen LogP) is 6.40. The zero-order valence-electron chi connectivity index (χ0n) is 23.0. The smallest absolute Gasteiger partial charge is 0.264 e. The van der Waals surface area contributed by atoms with Crippen LogP contribution < -0.4 is 9.62 Å². The van der Waals surface area contributed by atoms with Crippen molar-refractivity contribution >= 4 is 61.7 Å². The Morgan fingerprint density at radius 3 is 2.20 bits per heavy atom. The second kappa shape index (κ2) is 14.5. The molecule has 0 heterocycles. The first-order chi connectivity index (χ1) is 19.7. The second-order valence-corrected chi connectivity index (χ2v) is 13.8. The fourth-order valence-electron chi connectivity index (χ4n) is 5.11. The molecule has 1 N–H and O–H groups in total. The number of amides is 2. The lowest BCUT2D eigenvalue weighted by atomic mass is 9.95. The summed E-state index contributed by atoms with van der Waals surface area (Å²) in [7, 11) is -4.08. The number of carbonyl (C=O) groups is 2. The molecule has 41 heavy (non-hydrogen) atoms. The molecule has 0 aromatic heterocycles. The Balaban J connectivity index is 1.68. The molecule has 1 unspecified atom stereocenters. The molecule has 0 bridgehead atoms. The van der Waals surface area contributed by atoms with Crippen molar-refractivity contribution in [2.24, 2.45) is 0 Å². The molecule has 0 radical (unpaired) electrons. The minimum Gasteiger partial charge on any atom is -0.352 e. The summed E-state index contributed by atoms with van der Waals surface area (Å²) < 4.78 is 29.8.